The molecule has 0 aliphatic heterocycles. The van der Waals surface area contributed by atoms with Gasteiger partial charge in [0.2, 0.25) is 5.91 Å². The zero-order valence-corrected chi connectivity index (χ0v) is 16.8. The lowest BCUT2D eigenvalue weighted by Gasteiger charge is -2.21. The largest absolute Gasteiger partial charge is 0.507 e. The molecule has 0 aromatic heterocycles. The summed E-state index contributed by atoms with van der Waals surface area (Å²) in [6, 6.07) is 7.97. The summed E-state index contributed by atoms with van der Waals surface area (Å²) in [5, 5.41) is 22.4. The molecule has 0 saturated carbocycles. The molecule has 0 saturated heterocycles. The van der Waals surface area contributed by atoms with Crippen LogP contribution in [0.4, 0.5) is 4.39 Å². The van der Waals surface area contributed by atoms with Crippen molar-refractivity contribution in [2.75, 3.05) is 12.9 Å². The smallest absolute Gasteiger partial charge is 0.252 e. The summed E-state index contributed by atoms with van der Waals surface area (Å²) in [4.78, 5) is 23.2. The van der Waals surface area contributed by atoms with E-state index in [1.807, 2.05) is 0 Å². The highest BCUT2D eigenvalue weighted by molar-refractivity contribution is 7.90. The first kappa shape index (κ1) is 23.0. The Hall–Kier alpha value is -3.24. The van der Waals surface area contributed by atoms with Crippen LogP contribution in [0.1, 0.15) is 27.6 Å². The molecule has 30 heavy (non-hydrogen) atoms. The van der Waals surface area contributed by atoms with Gasteiger partial charge in [-0.15, -0.1) is 0 Å². The van der Waals surface area contributed by atoms with E-state index in [2.05, 4.69) is 5.32 Å². The monoisotopic (exact) mass is 436 g/mol. The fourth-order valence-corrected chi connectivity index (χ4v) is 3.24. The van der Waals surface area contributed by atoms with Gasteiger partial charge >= 0.3 is 0 Å². The number of amides is 2. The Balaban J connectivity index is 2.07. The molecule has 2 aromatic rings. The van der Waals surface area contributed by atoms with Gasteiger partial charge in [-0.1, -0.05) is 18.2 Å². The van der Waals surface area contributed by atoms with Crippen molar-refractivity contribution in [3.8, 4) is 5.75 Å². The van der Waals surface area contributed by atoms with Gasteiger partial charge in [0, 0.05) is 12.3 Å². The van der Waals surface area contributed by atoms with Crippen LogP contribution in [0.25, 0.3) is 6.08 Å². The van der Waals surface area contributed by atoms with Crippen molar-refractivity contribution in [3.63, 3.8) is 0 Å². The van der Waals surface area contributed by atoms with Gasteiger partial charge in [0.15, 0.2) is 9.84 Å². The van der Waals surface area contributed by atoms with Crippen LogP contribution in [0.3, 0.4) is 0 Å². The molecule has 2 aromatic carbocycles. The zero-order valence-electron chi connectivity index (χ0n) is 15.9. The number of hydrogen-bond donors (Lipinski definition) is 4. The number of alkyl halides is 1. The van der Waals surface area contributed by atoms with Crippen LogP contribution >= 0.6 is 0 Å². The molecule has 0 heterocycles. The number of phenols is 1. The lowest BCUT2D eigenvalue weighted by atomic mass is 10.0. The summed E-state index contributed by atoms with van der Waals surface area (Å²) in [6.45, 7) is -1.07. The SMILES string of the molecule is CS(=O)(=O)c1ccc(C(O)C(CF)NC(=O)/C=C/c2ccc(C(N)=O)c(O)c2)cc1. The molecule has 2 atom stereocenters. The van der Waals surface area contributed by atoms with Crippen LogP contribution in [-0.4, -0.2) is 49.4 Å². The first-order valence-electron chi connectivity index (χ1n) is 8.68. The molecule has 0 bridgehead atoms. The number of nitrogens with two attached hydrogens (primary N) is 1. The number of hydrogen-bond acceptors (Lipinski definition) is 6. The van der Waals surface area contributed by atoms with E-state index >= 15 is 0 Å². The third kappa shape index (κ3) is 5.88. The van der Waals surface area contributed by atoms with Gasteiger partial charge < -0.3 is 21.3 Å². The van der Waals surface area contributed by atoms with Crippen molar-refractivity contribution >= 4 is 27.7 Å². The minimum atomic E-state index is -3.41. The molecule has 2 amide bonds. The molecule has 2 unspecified atom stereocenters. The number of carbonyl (C=O) groups is 2. The number of benzene rings is 2. The molecule has 0 aliphatic rings. The molecule has 0 fully saturated rings. The van der Waals surface area contributed by atoms with Crippen LogP contribution < -0.4 is 11.1 Å². The second-order valence-corrected chi connectivity index (χ2v) is 8.55. The van der Waals surface area contributed by atoms with Crippen molar-refractivity contribution in [1.82, 2.24) is 5.32 Å². The number of nitrogens with one attached hydrogen (secondary N) is 1. The standard InChI is InChI=1S/C20H21FN2O6S/c1-30(28,29)14-6-4-13(5-7-14)19(26)16(11-21)23-18(25)9-3-12-2-8-15(20(22)27)17(24)10-12/h2-10,16,19,24,26H,11H2,1H3,(H2,22,27)(H,23,25)/b9-3+. The second-order valence-electron chi connectivity index (χ2n) is 6.53. The van der Waals surface area contributed by atoms with E-state index in [0.29, 0.717) is 5.56 Å². The minimum absolute atomic E-state index is 0.0489. The molecule has 8 nitrogen and oxygen atoms in total. The van der Waals surface area contributed by atoms with Crippen LogP contribution in [0.15, 0.2) is 53.4 Å². The average Bonchev–Trinajstić information content (AvgIpc) is 2.69. The maximum absolute atomic E-state index is 13.4. The molecule has 0 radical (unpaired) electrons. The summed E-state index contributed by atoms with van der Waals surface area (Å²) in [7, 11) is -3.41. The normalized spacial score (nSPS) is 13.7. The molecule has 5 N–H and O–H groups in total. The summed E-state index contributed by atoms with van der Waals surface area (Å²) >= 11 is 0. The van der Waals surface area contributed by atoms with Crippen molar-refractivity contribution in [2.24, 2.45) is 5.73 Å². The Morgan fingerprint density at radius 2 is 1.83 bits per heavy atom. The Bertz CT molecular complexity index is 1070. The second kappa shape index (κ2) is 9.51. The van der Waals surface area contributed by atoms with Gasteiger partial charge in [-0.2, -0.15) is 0 Å². The van der Waals surface area contributed by atoms with Crippen LogP contribution in [0.2, 0.25) is 0 Å². The summed E-state index contributed by atoms with van der Waals surface area (Å²) < 4.78 is 36.4. The third-order valence-electron chi connectivity index (χ3n) is 4.24. The highest BCUT2D eigenvalue weighted by atomic mass is 32.2. The van der Waals surface area contributed by atoms with E-state index in [-0.39, 0.29) is 21.8 Å². The van der Waals surface area contributed by atoms with Gasteiger partial charge in [0.1, 0.15) is 18.5 Å². The summed E-state index contributed by atoms with van der Waals surface area (Å²) in [6.07, 6.45) is 2.03. The number of aromatic hydroxyl groups is 1. The number of aliphatic hydroxyl groups excluding tert-OH is 1. The lowest BCUT2D eigenvalue weighted by molar-refractivity contribution is -0.118. The number of primary amides is 1. The predicted molar refractivity (Wildman–Crippen MR) is 108 cm³/mol. The highest BCUT2D eigenvalue weighted by Gasteiger charge is 2.22. The molecule has 160 valence electrons. The van der Waals surface area contributed by atoms with E-state index in [1.54, 1.807) is 0 Å². The molecule has 10 heteroatoms. The van der Waals surface area contributed by atoms with Crippen molar-refractivity contribution < 1.29 is 32.6 Å². The number of aliphatic hydroxyl groups is 1. The van der Waals surface area contributed by atoms with Crippen molar-refractivity contribution in [1.29, 1.82) is 0 Å². The number of sulfone groups is 1. The van der Waals surface area contributed by atoms with E-state index in [9.17, 15) is 32.6 Å². The van der Waals surface area contributed by atoms with Crippen LogP contribution in [0, 0.1) is 0 Å². The van der Waals surface area contributed by atoms with Gasteiger partial charge in [-0.25, -0.2) is 12.8 Å². The molecular formula is C20H21FN2O6S. The molecular weight excluding hydrogens is 415 g/mol. The molecule has 0 spiro atoms. The topological polar surface area (TPSA) is 147 Å². The summed E-state index contributed by atoms with van der Waals surface area (Å²) in [5.41, 5.74) is 5.65. The average molecular weight is 436 g/mol. The highest BCUT2D eigenvalue weighted by Crippen LogP contribution is 2.21. The summed E-state index contributed by atoms with van der Waals surface area (Å²) in [5.74, 6) is -1.85. The van der Waals surface area contributed by atoms with Gasteiger partial charge in [0.05, 0.1) is 16.5 Å². The van der Waals surface area contributed by atoms with Gasteiger partial charge in [0.25, 0.3) is 5.91 Å². The lowest BCUT2D eigenvalue weighted by Crippen LogP contribution is -2.40. The number of rotatable bonds is 8. The van der Waals surface area contributed by atoms with Gasteiger partial charge in [-0.05, 0) is 41.5 Å². The Labute approximate surface area is 172 Å². The molecule has 2 rings (SSSR count). The van der Waals surface area contributed by atoms with E-state index in [1.165, 1.54) is 48.5 Å². The maximum Gasteiger partial charge on any atom is 0.252 e. The van der Waals surface area contributed by atoms with Crippen LogP contribution in [-0.2, 0) is 14.6 Å². The fraction of sp³-hybridized carbons (Fsp3) is 0.200. The van der Waals surface area contributed by atoms with Gasteiger partial charge in [-0.3, -0.25) is 9.59 Å². The predicted octanol–water partition coefficient (Wildman–Crippen LogP) is 1.10. The third-order valence-corrected chi connectivity index (χ3v) is 5.37. The first-order valence-corrected chi connectivity index (χ1v) is 10.6. The minimum Gasteiger partial charge on any atom is -0.507 e. The zero-order chi connectivity index (χ0) is 22.5. The Morgan fingerprint density at radius 3 is 2.33 bits per heavy atom. The van der Waals surface area contributed by atoms with Crippen LogP contribution in [0.5, 0.6) is 5.75 Å². The number of halogens is 1. The Morgan fingerprint density at radius 1 is 1.20 bits per heavy atom. The first-order chi connectivity index (χ1) is 14.0. The fourth-order valence-electron chi connectivity index (χ4n) is 2.61. The van der Waals surface area contributed by atoms with E-state index in [4.69, 9.17) is 5.73 Å². The van der Waals surface area contributed by atoms with E-state index < -0.39 is 40.5 Å². The maximum atomic E-state index is 13.4. The van der Waals surface area contributed by atoms with E-state index in [0.717, 1.165) is 12.3 Å². The number of carbonyl (C=O) groups excluding carboxylic acids is 2. The quantitative estimate of drug-likeness (QED) is 0.456. The molecule has 0 aliphatic carbocycles. The van der Waals surface area contributed by atoms with Crippen molar-refractivity contribution in [2.45, 2.75) is 17.0 Å². The van der Waals surface area contributed by atoms with Crippen molar-refractivity contribution in [3.05, 3.63) is 65.2 Å². The Kier molecular flexibility index (Phi) is 7.30.